The molecule has 2 rings (SSSR count). The molecule has 1 heterocycles. The van der Waals surface area contributed by atoms with E-state index in [1.807, 2.05) is 0 Å². The molecule has 1 saturated heterocycles. The molecule has 0 aromatic heterocycles. The van der Waals surface area contributed by atoms with Crippen LogP contribution in [0.3, 0.4) is 0 Å². The van der Waals surface area contributed by atoms with E-state index in [9.17, 15) is 0 Å². The second-order valence-corrected chi connectivity index (χ2v) is 5.00. The van der Waals surface area contributed by atoms with Crippen LogP contribution in [0.15, 0.2) is 0 Å². The predicted octanol–water partition coefficient (Wildman–Crippen LogP) is 2.22. The first kappa shape index (κ1) is 9.47. The fraction of sp³-hybridized carbons (Fsp3) is 1.00. The Hall–Kier alpha value is -0.0800. The molecule has 0 amide bonds. The van der Waals surface area contributed by atoms with Crippen LogP contribution in [0.25, 0.3) is 0 Å². The molecule has 1 unspecified atom stereocenters. The van der Waals surface area contributed by atoms with E-state index in [0.717, 1.165) is 6.42 Å². The third-order valence-corrected chi connectivity index (χ3v) is 3.77. The quantitative estimate of drug-likeness (QED) is 0.676. The molecular weight excluding hydrogens is 162 g/mol. The van der Waals surface area contributed by atoms with E-state index in [2.05, 4.69) is 6.92 Å². The minimum Gasteiger partial charge on any atom is -0.368 e. The molecule has 13 heavy (non-hydrogen) atoms. The Labute approximate surface area is 80.8 Å². The zero-order valence-corrected chi connectivity index (χ0v) is 8.64. The van der Waals surface area contributed by atoms with Gasteiger partial charge in [-0.3, -0.25) is 0 Å². The van der Waals surface area contributed by atoms with Gasteiger partial charge in [-0.15, -0.1) is 0 Å². The summed E-state index contributed by atoms with van der Waals surface area (Å²) in [5.74, 6) is 0. The van der Waals surface area contributed by atoms with Crippen molar-refractivity contribution in [1.82, 2.24) is 0 Å². The van der Waals surface area contributed by atoms with E-state index in [0.29, 0.717) is 6.54 Å². The highest BCUT2D eigenvalue weighted by Gasteiger charge is 2.45. The normalized spacial score (nSPS) is 38.3. The molecule has 76 valence electrons. The Bertz CT molecular complexity index is 187. The molecule has 1 spiro atoms. The lowest BCUT2D eigenvalue weighted by molar-refractivity contribution is -0.107. The highest BCUT2D eigenvalue weighted by Crippen LogP contribution is 2.45. The number of hydrogen-bond donors (Lipinski definition) is 1. The third-order valence-electron chi connectivity index (χ3n) is 3.77. The molecule has 2 aliphatic rings. The van der Waals surface area contributed by atoms with Crippen LogP contribution in [0, 0.1) is 0 Å². The van der Waals surface area contributed by atoms with Crippen LogP contribution >= 0.6 is 0 Å². The van der Waals surface area contributed by atoms with Crippen molar-refractivity contribution < 1.29 is 4.74 Å². The molecule has 1 aliphatic carbocycles. The summed E-state index contributed by atoms with van der Waals surface area (Å²) in [4.78, 5) is 0. The lowest BCUT2D eigenvalue weighted by Gasteiger charge is -2.35. The zero-order valence-electron chi connectivity index (χ0n) is 8.64. The summed E-state index contributed by atoms with van der Waals surface area (Å²) < 4.78 is 6.20. The lowest BCUT2D eigenvalue weighted by atomic mass is 9.82. The molecule has 1 atom stereocenters. The van der Waals surface area contributed by atoms with Crippen molar-refractivity contribution in [2.45, 2.75) is 63.1 Å². The minimum absolute atomic E-state index is 0.0165. The average Bonchev–Trinajstić information content (AvgIpc) is 2.47. The van der Waals surface area contributed by atoms with Crippen molar-refractivity contribution in [2.24, 2.45) is 5.73 Å². The SMILES string of the molecule is CC1(CN)CCC2(CCCCC2)O1. The maximum atomic E-state index is 6.20. The second-order valence-electron chi connectivity index (χ2n) is 5.00. The highest BCUT2D eigenvalue weighted by atomic mass is 16.5. The van der Waals surface area contributed by atoms with Gasteiger partial charge in [-0.05, 0) is 32.6 Å². The average molecular weight is 183 g/mol. The maximum absolute atomic E-state index is 6.20. The summed E-state index contributed by atoms with van der Waals surface area (Å²) in [7, 11) is 0. The second kappa shape index (κ2) is 3.25. The van der Waals surface area contributed by atoms with E-state index in [-0.39, 0.29) is 11.2 Å². The molecule has 1 saturated carbocycles. The van der Waals surface area contributed by atoms with Crippen molar-refractivity contribution in [2.75, 3.05) is 6.54 Å². The van der Waals surface area contributed by atoms with Gasteiger partial charge in [-0.2, -0.15) is 0 Å². The summed E-state index contributed by atoms with van der Waals surface area (Å²) in [5, 5.41) is 0. The zero-order chi connectivity index (χ0) is 9.36. The largest absolute Gasteiger partial charge is 0.368 e. The summed E-state index contributed by atoms with van der Waals surface area (Å²) >= 11 is 0. The highest BCUT2D eigenvalue weighted by molar-refractivity contribution is 4.97. The molecule has 0 bridgehead atoms. The van der Waals surface area contributed by atoms with Crippen LogP contribution in [-0.2, 0) is 4.74 Å². The van der Waals surface area contributed by atoms with Gasteiger partial charge in [0.05, 0.1) is 11.2 Å². The summed E-state index contributed by atoms with van der Waals surface area (Å²) in [6.07, 6.45) is 9.02. The summed E-state index contributed by atoms with van der Waals surface area (Å²) in [5.41, 5.74) is 5.95. The van der Waals surface area contributed by atoms with Crippen LogP contribution in [0.5, 0.6) is 0 Å². The predicted molar refractivity (Wildman–Crippen MR) is 53.6 cm³/mol. The van der Waals surface area contributed by atoms with E-state index >= 15 is 0 Å². The van der Waals surface area contributed by atoms with Crippen LogP contribution in [0.1, 0.15) is 51.9 Å². The molecule has 0 aromatic rings. The van der Waals surface area contributed by atoms with Crippen molar-refractivity contribution in [1.29, 1.82) is 0 Å². The third kappa shape index (κ3) is 1.75. The van der Waals surface area contributed by atoms with Gasteiger partial charge in [0.1, 0.15) is 0 Å². The van der Waals surface area contributed by atoms with Gasteiger partial charge in [0.2, 0.25) is 0 Å². The number of ether oxygens (including phenoxy) is 1. The standard InChI is InChI=1S/C11H21NO/c1-10(9-12)7-8-11(13-10)5-3-2-4-6-11/h2-9,12H2,1H3. The summed E-state index contributed by atoms with van der Waals surface area (Å²) in [6.45, 7) is 2.84. The molecule has 0 aromatic carbocycles. The van der Waals surface area contributed by atoms with Crippen LogP contribution < -0.4 is 5.73 Å². The minimum atomic E-state index is -0.0165. The number of nitrogens with two attached hydrogens (primary N) is 1. The van der Waals surface area contributed by atoms with Gasteiger partial charge in [0.15, 0.2) is 0 Å². The Balaban J connectivity index is 2.02. The first-order chi connectivity index (χ1) is 6.18. The van der Waals surface area contributed by atoms with Gasteiger partial charge in [0, 0.05) is 6.54 Å². The molecule has 1 aliphatic heterocycles. The summed E-state index contributed by atoms with van der Waals surface area (Å²) in [6, 6.07) is 0. The van der Waals surface area contributed by atoms with Gasteiger partial charge in [-0.1, -0.05) is 19.3 Å². The Morgan fingerprint density at radius 2 is 1.77 bits per heavy atom. The first-order valence-electron chi connectivity index (χ1n) is 5.58. The van der Waals surface area contributed by atoms with Crippen molar-refractivity contribution in [3.8, 4) is 0 Å². The molecule has 2 N–H and O–H groups in total. The Morgan fingerprint density at radius 1 is 1.08 bits per heavy atom. The van der Waals surface area contributed by atoms with E-state index in [1.54, 1.807) is 0 Å². The smallest absolute Gasteiger partial charge is 0.0784 e. The van der Waals surface area contributed by atoms with Crippen LogP contribution in [-0.4, -0.2) is 17.7 Å². The van der Waals surface area contributed by atoms with E-state index in [1.165, 1.54) is 38.5 Å². The fourth-order valence-corrected chi connectivity index (χ4v) is 2.81. The first-order valence-corrected chi connectivity index (χ1v) is 5.58. The van der Waals surface area contributed by atoms with Gasteiger partial charge >= 0.3 is 0 Å². The Kier molecular flexibility index (Phi) is 2.37. The van der Waals surface area contributed by atoms with Gasteiger partial charge < -0.3 is 10.5 Å². The van der Waals surface area contributed by atoms with E-state index < -0.39 is 0 Å². The van der Waals surface area contributed by atoms with Crippen LogP contribution in [0.4, 0.5) is 0 Å². The van der Waals surface area contributed by atoms with Crippen molar-refractivity contribution >= 4 is 0 Å². The van der Waals surface area contributed by atoms with Crippen molar-refractivity contribution in [3.05, 3.63) is 0 Å². The van der Waals surface area contributed by atoms with Gasteiger partial charge in [-0.25, -0.2) is 0 Å². The molecular formula is C11H21NO. The molecule has 2 nitrogen and oxygen atoms in total. The fourth-order valence-electron chi connectivity index (χ4n) is 2.81. The van der Waals surface area contributed by atoms with Gasteiger partial charge in [0.25, 0.3) is 0 Å². The Morgan fingerprint density at radius 3 is 2.31 bits per heavy atom. The monoisotopic (exact) mass is 183 g/mol. The van der Waals surface area contributed by atoms with Crippen molar-refractivity contribution in [3.63, 3.8) is 0 Å². The van der Waals surface area contributed by atoms with Crippen LogP contribution in [0.2, 0.25) is 0 Å². The molecule has 0 radical (unpaired) electrons. The molecule has 2 heteroatoms. The molecule has 2 fully saturated rings. The maximum Gasteiger partial charge on any atom is 0.0784 e. The number of hydrogen-bond acceptors (Lipinski definition) is 2. The lowest BCUT2D eigenvalue weighted by Crippen LogP contribution is -2.39. The van der Waals surface area contributed by atoms with E-state index in [4.69, 9.17) is 10.5 Å². The number of rotatable bonds is 1. The topological polar surface area (TPSA) is 35.2 Å².